The second-order valence-electron chi connectivity index (χ2n) is 9.43. The summed E-state index contributed by atoms with van der Waals surface area (Å²) in [5.74, 6) is 2.33. The number of nitrogens with one attached hydrogen (secondary N) is 1. The monoisotopic (exact) mass is 478 g/mol. The Morgan fingerprint density at radius 1 is 0.722 bits per heavy atom. The van der Waals surface area contributed by atoms with E-state index in [-0.39, 0.29) is 0 Å². The average molecular weight is 479 g/mol. The zero-order valence-corrected chi connectivity index (χ0v) is 20.3. The minimum Gasteiger partial charge on any atom is -0.385 e. The van der Waals surface area contributed by atoms with Crippen LogP contribution in [0.5, 0.6) is 0 Å². The van der Waals surface area contributed by atoms with Gasteiger partial charge in [-0.2, -0.15) is 4.98 Å². The molecule has 4 heterocycles. The maximum atomic E-state index is 4.79. The fourth-order valence-electron chi connectivity index (χ4n) is 4.90. The molecule has 0 aliphatic carbocycles. The Morgan fingerprint density at radius 3 is 2.31 bits per heavy atom. The number of hydrogen-bond acceptors (Lipinski definition) is 8. The fraction of sp³-hybridized carbons (Fsp3) is 0.321. The molecule has 2 aromatic heterocycles. The van der Waals surface area contributed by atoms with Crippen molar-refractivity contribution in [3.05, 3.63) is 95.3 Å². The summed E-state index contributed by atoms with van der Waals surface area (Å²) in [4.78, 5) is 27.4. The molecule has 0 amide bonds. The first kappa shape index (κ1) is 22.4. The van der Waals surface area contributed by atoms with Gasteiger partial charge in [-0.05, 0) is 41.2 Å². The molecule has 8 nitrogen and oxygen atoms in total. The SMILES string of the molecule is c1ccc(Cc2cnc(N3CCN(c4ncnc(Cc5ccc6c(c5)NCCC6)n4)CC3)nc2)cc1. The van der Waals surface area contributed by atoms with E-state index in [4.69, 9.17) is 4.98 Å². The molecular weight excluding hydrogens is 448 g/mol. The van der Waals surface area contributed by atoms with Crippen molar-refractivity contribution in [2.75, 3.05) is 47.8 Å². The van der Waals surface area contributed by atoms with E-state index in [0.29, 0.717) is 6.42 Å². The lowest BCUT2D eigenvalue weighted by Gasteiger charge is -2.34. The number of nitrogens with zero attached hydrogens (tertiary/aromatic N) is 7. The van der Waals surface area contributed by atoms with Crippen molar-refractivity contribution in [3.63, 3.8) is 0 Å². The summed E-state index contributed by atoms with van der Waals surface area (Å²) in [7, 11) is 0. The Balaban J connectivity index is 1.06. The van der Waals surface area contributed by atoms with Gasteiger partial charge in [-0.1, -0.05) is 42.5 Å². The zero-order chi connectivity index (χ0) is 24.2. The predicted octanol–water partition coefficient (Wildman–Crippen LogP) is 3.53. The van der Waals surface area contributed by atoms with E-state index in [1.165, 1.54) is 28.8 Å². The number of piperazine rings is 1. The van der Waals surface area contributed by atoms with E-state index < -0.39 is 0 Å². The highest BCUT2D eigenvalue weighted by atomic mass is 15.4. The largest absolute Gasteiger partial charge is 0.385 e. The molecular formula is C28H30N8. The van der Waals surface area contributed by atoms with Gasteiger partial charge >= 0.3 is 0 Å². The van der Waals surface area contributed by atoms with Gasteiger partial charge < -0.3 is 15.1 Å². The van der Waals surface area contributed by atoms with Crippen LogP contribution in [0.2, 0.25) is 0 Å². The summed E-state index contributed by atoms with van der Waals surface area (Å²) in [5.41, 5.74) is 6.25. The number of anilines is 3. The van der Waals surface area contributed by atoms with Gasteiger partial charge in [0.1, 0.15) is 12.2 Å². The van der Waals surface area contributed by atoms with E-state index >= 15 is 0 Å². The van der Waals surface area contributed by atoms with Gasteiger partial charge in [-0.25, -0.2) is 19.9 Å². The van der Waals surface area contributed by atoms with E-state index in [1.807, 2.05) is 18.5 Å². The highest BCUT2D eigenvalue weighted by Gasteiger charge is 2.21. The molecule has 1 saturated heterocycles. The first-order chi connectivity index (χ1) is 17.8. The van der Waals surface area contributed by atoms with Crippen LogP contribution in [-0.2, 0) is 19.3 Å². The van der Waals surface area contributed by atoms with Crippen LogP contribution in [0.1, 0.15) is 34.5 Å². The average Bonchev–Trinajstić information content (AvgIpc) is 2.94. The molecule has 8 heteroatoms. The summed E-state index contributed by atoms with van der Waals surface area (Å²) < 4.78 is 0. The Morgan fingerprint density at radius 2 is 1.50 bits per heavy atom. The van der Waals surface area contributed by atoms with Crippen LogP contribution in [0.25, 0.3) is 0 Å². The third-order valence-corrected chi connectivity index (χ3v) is 6.87. The number of hydrogen-bond donors (Lipinski definition) is 1. The van der Waals surface area contributed by atoms with Gasteiger partial charge in [-0.15, -0.1) is 0 Å². The number of fused-ring (bicyclic) bond motifs is 1. The normalized spacial score (nSPS) is 15.3. The van der Waals surface area contributed by atoms with Crippen LogP contribution in [0.15, 0.2) is 67.3 Å². The van der Waals surface area contributed by atoms with Crippen LogP contribution < -0.4 is 15.1 Å². The molecule has 0 bridgehead atoms. The summed E-state index contributed by atoms with van der Waals surface area (Å²) in [5, 5.41) is 3.51. The van der Waals surface area contributed by atoms with Gasteiger partial charge in [0, 0.05) is 63.6 Å². The van der Waals surface area contributed by atoms with Gasteiger partial charge in [0.25, 0.3) is 0 Å². The van der Waals surface area contributed by atoms with Gasteiger partial charge in [0.2, 0.25) is 11.9 Å². The molecule has 182 valence electrons. The van der Waals surface area contributed by atoms with E-state index in [0.717, 1.165) is 68.8 Å². The Kier molecular flexibility index (Phi) is 6.39. The smallest absolute Gasteiger partial charge is 0.228 e. The van der Waals surface area contributed by atoms with E-state index in [9.17, 15) is 0 Å². The Labute approximate surface area is 211 Å². The van der Waals surface area contributed by atoms with Crippen LogP contribution in [0.4, 0.5) is 17.6 Å². The molecule has 2 aliphatic heterocycles. The molecule has 0 saturated carbocycles. The van der Waals surface area contributed by atoms with Gasteiger partial charge in [0.15, 0.2) is 0 Å². The summed E-state index contributed by atoms with van der Waals surface area (Å²) in [6.45, 7) is 4.34. The molecule has 36 heavy (non-hydrogen) atoms. The van der Waals surface area contributed by atoms with Crippen LogP contribution in [0, 0.1) is 0 Å². The third kappa shape index (κ3) is 5.12. The van der Waals surface area contributed by atoms with Crippen molar-refractivity contribution in [3.8, 4) is 0 Å². The molecule has 2 aromatic carbocycles. The minimum atomic E-state index is 0.702. The molecule has 0 spiro atoms. The Bertz CT molecular complexity index is 1300. The van der Waals surface area contributed by atoms with Gasteiger partial charge in [-0.3, -0.25) is 0 Å². The third-order valence-electron chi connectivity index (χ3n) is 6.87. The topological polar surface area (TPSA) is 83.0 Å². The fourth-order valence-corrected chi connectivity index (χ4v) is 4.90. The first-order valence-corrected chi connectivity index (χ1v) is 12.7. The van der Waals surface area contributed by atoms with Crippen molar-refractivity contribution in [2.45, 2.75) is 25.7 Å². The number of rotatable bonds is 6. The quantitative estimate of drug-likeness (QED) is 0.451. The molecule has 0 unspecified atom stereocenters. The number of aryl methyl sites for hydroxylation is 1. The second kappa shape index (κ2) is 10.3. The van der Waals surface area contributed by atoms with E-state index in [1.54, 1.807) is 6.33 Å². The molecule has 2 aliphatic rings. The minimum absolute atomic E-state index is 0.702. The highest BCUT2D eigenvalue weighted by molar-refractivity contribution is 5.55. The maximum Gasteiger partial charge on any atom is 0.228 e. The number of benzene rings is 2. The molecule has 0 atom stereocenters. The molecule has 4 aromatic rings. The van der Waals surface area contributed by atoms with Crippen molar-refractivity contribution in [2.24, 2.45) is 0 Å². The van der Waals surface area contributed by atoms with E-state index in [2.05, 4.69) is 77.5 Å². The molecule has 1 N–H and O–H groups in total. The van der Waals surface area contributed by atoms with Crippen LogP contribution in [-0.4, -0.2) is 57.6 Å². The van der Waals surface area contributed by atoms with Crippen molar-refractivity contribution in [1.82, 2.24) is 24.9 Å². The first-order valence-electron chi connectivity index (χ1n) is 12.7. The van der Waals surface area contributed by atoms with Crippen molar-refractivity contribution >= 4 is 17.6 Å². The number of aromatic nitrogens is 5. The van der Waals surface area contributed by atoms with Gasteiger partial charge in [0.05, 0.1) is 0 Å². The lowest BCUT2D eigenvalue weighted by molar-refractivity contribution is 0.624. The van der Waals surface area contributed by atoms with Crippen LogP contribution in [0.3, 0.4) is 0 Å². The maximum absolute atomic E-state index is 4.79. The standard InChI is InChI=1S/C28H30N8/c1-2-5-21(6-3-1)15-23-18-30-27(31-19-23)35-11-13-36(14-12-35)28-33-20-32-26(34-28)17-22-8-9-24-7-4-10-29-25(24)16-22/h1-3,5-6,8-9,16,18-20,29H,4,7,10-15,17H2. The lowest BCUT2D eigenvalue weighted by atomic mass is 10.00. The van der Waals surface area contributed by atoms with Crippen molar-refractivity contribution < 1.29 is 0 Å². The molecule has 6 rings (SSSR count). The van der Waals surface area contributed by atoms with Crippen molar-refractivity contribution in [1.29, 1.82) is 0 Å². The summed E-state index contributed by atoms with van der Waals surface area (Å²) >= 11 is 0. The zero-order valence-electron chi connectivity index (χ0n) is 20.3. The Hall–Kier alpha value is -4.07. The lowest BCUT2D eigenvalue weighted by Crippen LogP contribution is -2.47. The van der Waals surface area contributed by atoms with Crippen LogP contribution >= 0.6 is 0 Å². The summed E-state index contributed by atoms with van der Waals surface area (Å²) in [6, 6.07) is 17.1. The molecule has 1 fully saturated rings. The highest BCUT2D eigenvalue weighted by Crippen LogP contribution is 2.24. The summed E-state index contributed by atoms with van der Waals surface area (Å²) in [6.07, 6.45) is 9.41. The second-order valence-corrected chi connectivity index (χ2v) is 9.43. The predicted molar refractivity (Wildman–Crippen MR) is 142 cm³/mol. The molecule has 0 radical (unpaired) electrons.